The maximum atomic E-state index is 9.42. The van der Waals surface area contributed by atoms with Gasteiger partial charge < -0.3 is 10.4 Å². The molecule has 3 heteroatoms. The summed E-state index contributed by atoms with van der Waals surface area (Å²) in [6.07, 6.45) is 3.28. The number of rotatable bonds is 6. The summed E-state index contributed by atoms with van der Waals surface area (Å²) in [5, 5.41) is 12.7. The van der Waals surface area contributed by atoms with Crippen LogP contribution < -0.4 is 5.32 Å². The van der Waals surface area contributed by atoms with Gasteiger partial charge >= 0.3 is 0 Å². The molecule has 12 heavy (non-hydrogen) atoms. The van der Waals surface area contributed by atoms with Crippen LogP contribution in [0.5, 0.6) is 0 Å². The van der Waals surface area contributed by atoms with Crippen molar-refractivity contribution in [1.82, 2.24) is 5.32 Å². The number of nitrogens with one attached hydrogen (secondary N) is 1. The number of aliphatic hydroxyl groups is 1. The minimum absolute atomic E-state index is 0.504. The van der Waals surface area contributed by atoms with E-state index in [2.05, 4.69) is 18.5 Å². The van der Waals surface area contributed by atoms with Crippen molar-refractivity contribution >= 4 is 11.8 Å². The molecule has 1 atom stereocenters. The van der Waals surface area contributed by atoms with E-state index in [1.807, 2.05) is 25.6 Å². The molecule has 74 valence electrons. The second-order valence-electron chi connectivity index (χ2n) is 3.88. The Morgan fingerprint density at radius 2 is 2.08 bits per heavy atom. The van der Waals surface area contributed by atoms with Gasteiger partial charge in [0.2, 0.25) is 0 Å². The van der Waals surface area contributed by atoms with Crippen LogP contribution in [0.3, 0.4) is 0 Å². The smallest absolute Gasteiger partial charge is 0.0715 e. The van der Waals surface area contributed by atoms with Crippen LogP contribution in [0.15, 0.2) is 0 Å². The Labute approximate surface area is 80.1 Å². The molecule has 0 fully saturated rings. The van der Waals surface area contributed by atoms with Crippen LogP contribution in [-0.2, 0) is 0 Å². The normalized spacial score (nSPS) is 14.8. The topological polar surface area (TPSA) is 32.3 Å². The minimum Gasteiger partial charge on any atom is -0.389 e. The van der Waals surface area contributed by atoms with Crippen molar-refractivity contribution in [3.8, 4) is 0 Å². The van der Waals surface area contributed by atoms with Crippen LogP contribution in [0.4, 0.5) is 0 Å². The van der Waals surface area contributed by atoms with Gasteiger partial charge in [0.1, 0.15) is 0 Å². The monoisotopic (exact) mass is 191 g/mol. The second kappa shape index (κ2) is 5.84. The molecule has 0 aromatic heterocycles. The van der Waals surface area contributed by atoms with E-state index < -0.39 is 5.60 Å². The van der Waals surface area contributed by atoms with Gasteiger partial charge in [-0.05, 0) is 39.2 Å². The highest BCUT2D eigenvalue weighted by atomic mass is 32.2. The Hall–Kier alpha value is 0.270. The fourth-order valence-electron chi connectivity index (χ4n) is 0.821. The molecular formula is C9H21NOS. The minimum atomic E-state index is -0.590. The molecule has 0 saturated heterocycles. The lowest BCUT2D eigenvalue weighted by molar-refractivity contribution is 0.0769. The highest BCUT2D eigenvalue weighted by Crippen LogP contribution is 2.02. The SMILES string of the molecule is CSCCC(C)NCC(C)(C)O. The van der Waals surface area contributed by atoms with E-state index in [0.29, 0.717) is 12.6 Å². The van der Waals surface area contributed by atoms with E-state index in [4.69, 9.17) is 0 Å². The number of hydrogen-bond donors (Lipinski definition) is 2. The third-order valence-electron chi connectivity index (χ3n) is 1.64. The van der Waals surface area contributed by atoms with E-state index in [9.17, 15) is 5.11 Å². The first-order valence-electron chi connectivity index (χ1n) is 4.40. The zero-order chi connectivity index (χ0) is 9.61. The van der Waals surface area contributed by atoms with Crippen LogP contribution in [0.2, 0.25) is 0 Å². The molecule has 0 aliphatic rings. The van der Waals surface area contributed by atoms with Crippen molar-refractivity contribution in [2.24, 2.45) is 0 Å². The van der Waals surface area contributed by atoms with Gasteiger partial charge in [-0.1, -0.05) is 0 Å². The second-order valence-corrected chi connectivity index (χ2v) is 4.86. The van der Waals surface area contributed by atoms with Gasteiger partial charge in [0.15, 0.2) is 0 Å². The van der Waals surface area contributed by atoms with Crippen LogP contribution in [-0.4, -0.2) is 35.3 Å². The maximum Gasteiger partial charge on any atom is 0.0715 e. The summed E-state index contributed by atoms with van der Waals surface area (Å²) in [4.78, 5) is 0. The summed E-state index contributed by atoms with van der Waals surface area (Å²) in [6, 6.07) is 0.504. The summed E-state index contributed by atoms with van der Waals surface area (Å²) in [7, 11) is 0. The Balaban J connectivity index is 3.37. The lowest BCUT2D eigenvalue weighted by Gasteiger charge is -2.21. The molecule has 0 saturated carbocycles. The third-order valence-corrected chi connectivity index (χ3v) is 2.28. The molecule has 2 N–H and O–H groups in total. The van der Waals surface area contributed by atoms with Crippen molar-refractivity contribution < 1.29 is 5.11 Å². The fraction of sp³-hybridized carbons (Fsp3) is 1.00. The van der Waals surface area contributed by atoms with Crippen LogP contribution >= 0.6 is 11.8 Å². The van der Waals surface area contributed by atoms with Crippen LogP contribution in [0.1, 0.15) is 27.2 Å². The van der Waals surface area contributed by atoms with E-state index in [1.54, 1.807) is 0 Å². The average molecular weight is 191 g/mol. The molecule has 0 radical (unpaired) electrons. The van der Waals surface area contributed by atoms with Gasteiger partial charge in [0.25, 0.3) is 0 Å². The molecule has 0 spiro atoms. The average Bonchev–Trinajstić information content (AvgIpc) is 1.95. The zero-order valence-electron chi connectivity index (χ0n) is 8.55. The molecule has 0 aromatic carbocycles. The van der Waals surface area contributed by atoms with Gasteiger partial charge in [0, 0.05) is 12.6 Å². The first-order valence-corrected chi connectivity index (χ1v) is 5.80. The molecular weight excluding hydrogens is 170 g/mol. The maximum absolute atomic E-state index is 9.42. The Morgan fingerprint density at radius 1 is 1.50 bits per heavy atom. The van der Waals surface area contributed by atoms with E-state index in [-0.39, 0.29) is 0 Å². The Morgan fingerprint density at radius 3 is 2.50 bits per heavy atom. The van der Waals surface area contributed by atoms with Crippen molar-refractivity contribution in [2.75, 3.05) is 18.6 Å². The molecule has 0 aliphatic carbocycles. The first-order chi connectivity index (χ1) is 5.45. The van der Waals surface area contributed by atoms with Gasteiger partial charge in [-0.25, -0.2) is 0 Å². The van der Waals surface area contributed by atoms with Crippen LogP contribution in [0.25, 0.3) is 0 Å². The highest BCUT2D eigenvalue weighted by Gasteiger charge is 2.12. The summed E-state index contributed by atoms with van der Waals surface area (Å²) in [5.74, 6) is 1.18. The van der Waals surface area contributed by atoms with E-state index in [0.717, 1.165) is 6.42 Å². The zero-order valence-corrected chi connectivity index (χ0v) is 9.37. The third kappa shape index (κ3) is 8.37. The molecule has 2 nitrogen and oxygen atoms in total. The fourth-order valence-corrected chi connectivity index (χ4v) is 1.41. The van der Waals surface area contributed by atoms with E-state index in [1.165, 1.54) is 5.75 Å². The molecule has 1 unspecified atom stereocenters. The highest BCUT2D eigenvalue weighted by molar-refractivity contribution is 7.98. The molecule has 0 aromatic rings. The van der Waals surface area contributed by atoms with Gasteiger partial charge in [-0.3, -0.25) is 0 Å². The summed E-state index contributed by atoms with van der Waals surface area (Å²) in [5.41, 5.74) is -0.590. The van der Waals surface area contributed by atoms with Gasteiger partial charge in [0.05, 0.1) is 5.60 Å². The van der Waals surface area contributed by atoms with Crippen molar-refractivity contribution in [3.05, 3.63) is 0 Å². The lowest BCUT2D eigenvalue weighted by Crippen LogP contribution is -2.39. The summed E-state index contributed by atoms with van der Waals surface area (Å²) < 4.78 is 0. The first kappa shape index (κ1) is 12.3. The Kier molecular flexibility index (Phi) is 5.97. The molecule has 0 amide bonds. The quantitative estimate of drug-likeness (QED) is 0.667. The summed E-state index contributed by atoms with van der Waals surface area (Å²) >= 11 is 1.86. The van der Waals surface area contributed by atoms with Crippen molar-refractivity contribution in [3.63, 3.8) is 0 Å². The van der Waals surface area contributed by atoms with Crippen LogP contribution in [0, 0.1) is 0 Å². The molecule has 0 rings (SSSR count). The van der Waals surface area contributed by atoms with Gasteiger partial charge in [-0.2, -0.15) is 11.8 Å². The predicted molar refractivity (Wildman–Crippen MR) is 56.8 cm³/mol. The molecule has 0 aliphatic heterocycles. The summed E-state index contributed by atoms with van der Waals surface area (Å²) in [6.45, 7) is 6.47. The predicted octanol–water partition coefficient (Wildman–Crippen LogP) is 1.49. The van der Waals surface area contributed by atoms with Gasteiger partial charge in [-0.15, -0.1) is 0 Å². The molecule has 0 bridgehead atoms. The van der Waals surface area contributed by atoms with Crippen molar-refractivity contribution in [2.45, 2.75) is 38.8 Å². The Bertz CT molecular complexity index is 112. The lowest BCUT2D eigenvalue weighted by atomic mass is 10.1. The number of hydrogen-bond acceptors (Lipinski definition) is 3. The molecule has 0 heterocycles. The standard InChI is InChI=1S/C9H21NOS/c1-8(5-6-12-4)10-7-9(2,3)11/h8,10-11H,5-7H2,1-4H3. The number of thioether (sulfide) groups is 1. The van der Waals surface area contributed by atoms with Crippen molar-refractivity contribution in [1.29, 1.82) is 0 Å². The largest absolute Gasteiger partial charge is 0.389 e. The van der Waals surface area contributed by atoms with E-state index >= 15 is 0 Å².